The fourth-order valence-electron chi connectivity index (χ4n) is 1.52. The van der Waals surface area contributed by atoms with E-state index in [1.807, 2.05) is 0 Å². The van der Waals surface area contributed by atoms with Crippen LogP contribution in [-0.4, -0.2) is 11.9 Å². The molecule has 2 rings (SSSR count). The molecular formula is C14H10Cl2FN3O2. The summed E-state index contributed by atoms with van der Waals surface area (Å²) in [6, 6.07) is 9.12. The quantitative estimate of drug-likeness (QED) is 0.730. The Balaban J connectivity index is 1.88. The molecule has 0 fully saturated rings. The summed E-state index contributed by atoms with van der Waals surface area (Å²) in [4.78, 5) is 23.3. The predicted octanol–water partition coefficient (Wildman–Crippen LogP) is 3.60. The lowest BCUT2D eigenvalue weighted by Crippen LogP contribution is -2.43. The monoisotopic (exact) mass is 341 g/mol. The summed E-state index contributed by atoms with van der Waals surface area (Å²) in [6.07, 6.45) is 0. The number of amides is 3. The molecule has 5 nitrogen and oxygen atoms in total. The average molecular weight is 342 g/mol. The van der Waals surface area contributed by atoms with Crippen molar-refractivity contribution in [2.45, 2.75) is 0 Å². The Labute approximate surface area is 135 Å². The van der Waals surface area contributed by atoms with E-state index in [2.05, 4.69) is 16.2 Å². The molecule has 0 unspecified atom stereocenters. The summed E-state index contributed by atoms with van der Waals surface area (Å²) in [7, 11) is 0. The van der Waals surface area contributed by atoms with Crippen LogP contribution in [0.15, 0.2) is 42.5 Å². The Morgan fingerprint density at radius 1 is 0.955 bits per heavy atom. The molecule has 114 valence electrons. The molecule has 3 amide bonds. The largest absolute Gasteiger partial charge is 0.337 e. The number of nitrogens with one attached hydrogen (secondary N) is 3. The van der Waals surface area contributed by atoms with Crippen LogP contribution in [0.4, 0.5) is 14.9 Å². The van der Waals surface area contributed by atoms with E-state index in [0.717, 1.165) is 6.07 Å². The van der Waals surface area contributed by atoms with Crippen molar-refractivity contribution in [3.05, 3.63) is 63.9 Å². The third-order valence-electron chi connectivity index (χ3n) is 2.57. The van der Waals surface area contributed by atoms with Crippen molar-refractivity contribution in [1.82, 2.24) is 10.9 Å². The van der Waals surface area contributed by atoms with E-state index < -0.39 is 17.8 Å². The zero-order valence-corrected chi connectivity index (χ0v) is 12.5. The molecule has 0 saturated carbocycles. The van der Waals surface area contributed by atoms with Gasteiger partial charge in [-0.3, -0.25) is 10.2 Å². The molecule has 2 aromatic rings. The lowest BCUT2D eigenvalue weighted by molar-refractivity contribution is 0.0938. The van der Waals surface area contributed by atoms with E-state index in [1.165, 1.54) is 24.3 Å². The Hall–Kier alpha value is -2.31. The van der Waals surface area contributed by atoms with Crippen molar-refractivity contribution in [1.29, 1.82) is 0 Å². The van der Waals surface area contributed by atoms with Gasteiger partial charge in [0.25, 0.3) is 5.91 Å². The summed E-state index contributed by atoms with van der Waals surface area (Å²) in [5.41, 5.74) is 4.98. The van der Waals surface area contributed by atoms with Gasteiger partial charge in [0.15, 0.2) is 0 Å². The van der Waals surface area contributed by atoms with Crippen LogP contribution in [0.2, 0.25) is 10.0 Å². The molecule has 0 radical (unpaired) electrons. The third kappa shape index (κ3) is 4.34. The highest BCUT2D eigenvalue weighted by Crippen LogP contribution is 2.19. The summed E-state index contributed by atoms with van der Waals surface area (Å²) in [6.45, 7) is 0. The first-order valence-electron chi connectivity index (χ1n) is 6.03. The van der Waals surface area contributed by atoms with Gasteiger partial charge in [-0.15, -0.1) is 0 Å². The minimum atomic E-state index is -0.704. The number of urea groups is 1. The van der Waals surface area contributed by atoms with Gasteiger partial charge in [0.1, 0.15) is 5.82 Å². The Kier molecular flexibility index (Phi) is 5.19. The highest BCUT2D eigenvalue weighted by molar-refractivity contribution is 6.31. The van der Waals surface area contributed by atoms with Crippen molar-refractivity contribution >= 4 is 40.8 Å². The van der Waals surface area contributed by atoms with Crippen LogP contribution in [-0.2, 0) is 0 Å². The number of hydrogen-bond acceptors (Lipinski definition) is 2. The second-order valence-corrected chi connectivity index (χ2v) is 5.01. The molecule has 0 aliphatic heterocycles. The second-order valence-electron chi connectivity index (χ2n) is 4.17. The molecular weight excluding hydrogens is 332 g/mol. The van der Waals surface area contributed by atoms with Gasteiger partial charge in [-0.2, -0.15) is 0 Å². The van der Waals surface area contributed by atoms with E-state index in [9.17, 15) is 14.0 Å². The summed E-state index contributed by atoms with van der Waals surface area (Å²) in [5.74, 6) is -1.10. The molecule has 3 N–H and O–H groups in total. The first-order valence-corrected chi connectivity index (χ1v) is 6.79. The molecule has 22 heavy (non-hydrogen) atoms. The maximum absolute atomic E-state index is 13.0. The van der Waals surface area contributed by atoms with Crippen molar-refractivity contribution in [2.75, 3.05) is 5.32 Å². The van der Waals surface area contributed by atoms with Crippen LogP contribution >= 0.6 is 23.2 Å². The zero-order valence-electron chi connectivity index (χ0n) is 11.0. The van der Waals surface area contributed by atoms with Crippen LogP contribution in [0.5, 0.6) is 0 Å². The van der Waals surface area contributed by atoms with Gasteiger partial charge < -0.3 is 5.32 Å². The molecule has 8 heteroatoms. The van der Waals surface area contributed by atoms with Gasteiger partial charge in [-0.25, -0.2) is 14.6 Å². The maximum atomic E-state index is 13.0. The Morgan fingerprint density at radius 2 is 1.64 bits per heavy atom. The van der Waals surface area contributed by atoms with E-state index in [-0.39, 0.29) is 10.7 Å². The number of carbonyl (C=O) groups excluding carboxylic acids is 2. The van der Waals surface area contributed by atoms with Gasteiger partial charge in [0.05, 0.1) is 5.02 Å². The SMILES string of the molecule is O=C(NNC(=O)c1ccc(Cl)cc1)Nc1ccc(F)c(Cl)c1. The molecule has 0 aromatic heterocycles. The number of hydrogen-bond donors (Lipinski definition) is 3. The number of anilines is 1. The molecule has 0 heterocycles. The highest BCUT2D eigenvalue weighted by Gasteiger charge is 2.08. The average Bonchev–Trinajstić information content (AvgIpc) is 2.49. The van der Waals surface area contributed by atoms with Crippen molar-refractivity contribution in [3.8, 4) is 0 Å². The fourth-order valence-corrected chi connectivity index (χ4v) is 1.83. The lowest BCUT2D eigenvalue weighted by atomic mass is 10.2. The number of hydrazine groups is 1. The number of rotatable bonds is 2. The van der Waals surface area contributed by atoms with E-state index >= 15 is 0 Å². The predicted molar refractivity (Wildman–Crippen MR) is 82.5 cm³/mol. The van der Waals surface area contributed by atoms with Crippen LogP contribution in [0.1, 0.15) is 10.4 Å². The van der Waals surface area contributed by atoms with Crippen LogP contribution in [0.3, 0.4) is 0 Å². The van der Waals surface area contributed by atoms with Crippen molar-refractivity contribution < 1.29 is 14.0 Å². The van der Waals surface area contributed by atoms with Crippen LogP contribution in [0.25, 0.3) is 0 Å². The molecule has 0 aliphatic carbocycles. The maximum Gasteiger partial charge on any atom is 0.337 e. The first kappa shape index (κ1) is 16.1. The highest BCUT2D eigenvalue weighted by atomic mass is 35.5. The topological polar surface area (TPSA) is 70.2 Å². The number of carbonyl (C=O) groups is 2. The van der Waals surface area contributed by atoms with Crippen LogP contribution in [0, 0.1) is 5.82 Å². The second kappa shape index (κ2) is 7.11. The molecule has 0 bridgehead atoms. The van der Waals surface area contributed by atoms with Gasteiger partial charge in [-0.1, -0.05) is 23.2 Å². The van der Waals surface area contributed by atoms with Crippen molar-refractivity contribution in [2.24, 2.45) is 0 Å². The first-order chi connectivity index (χ1) is 10.5. The fraction of sp³-hybridized carbons (Fsp3) is 0. The molecule has 0 atom stereocenters. The summed E-state index contributed by atoms with van der Waals surface area (Å²) >= 11 is 11.3. The summed E-state index contributed by atoms with van der Waals surface area (Å²) in [5, 5.41) is 2.76. The lowest BCUT2D eigenvalue weighted by Gasteiger charge is -2.09. The van der Waals surface area contributed by atoms with E-state index in [4.69, 9.17) is 23.2 Å². The molecule has 2 aromatic carbocycles. The molecule has 0 aliphatic rings. The van der Waals surface area contributed by atoms with Gasteiger partial charge in [-0.05, 0) is 42.5 Å². The normalized spacial score (nSPS) is 9.95. The zero-order chi connectivity index (χ0) is 16.1. The Bertz CT molecular complexity index is 708. The number of benzene rings is 2. The minimum absolute atomic E-state index is 0.122. The van der Waals surface area contributed by atoms with E-state index in [0.29, 0.717) is 10.6 Å². The molecule has 0 saturated heterocycles. The molecule has 0 spiro atoms. The van der Waals surface area contributed by atoms with Gasteiger partial charge in [0.2, 0.25) is 0 Å². The van der Waals surface area contributed by atoms with Gasteiger partial charge >= 0.3 is 6.03 Å². The Morgan fingerprint density at radius 3 is 2.27 bits per heavy atom. The number of halogens is 3. The minimum Gasteiger partial charge on any atom is -0.307 e. The van der Waals surface area contributed by atoms with E-state index in [1.54, 1.807) is 12.1 Å². The standard InChI is InChI=1S/C14H10Cl2FN3O2/c15-9-3-1-8(2-4-9)13(21)19-20-14(22)18-10-5-6-12(17)11(16)7-10/h1-7H,(H,19,21)(H2,18,20,22). The van der Waals surface area contributed by atoms with Gasteiger partial charge in [0, 0.05) is 16.3 Å². The smallest absolute Gasteiger partial charge is 0.307 e. The van der Waals surface area contributed by atoms with Crippen molar-refractivity contribution in [3.63, 3.8) is 0 Å². The summed E-state index contributed by atoms with van der Waals surface area (Å²) < 4.78 is 13.0. The van der Waals surface area contributed by atoms with Crippen LogP contribution < -0.4 is 16.2 Å². The third-order valence-corrected chi connectivity index (χ3v) is 3.12.